The van der Waals surface area contributed by atoms with Crippen molar-refractivity contribution in [2.75, 3.05) is 0 Å². The maximum atomic E-state index is 4.88. The van der Waals surface area contributed by atoms with Crippen molar-refractivity contribution < 1.29 is 0 Å². The topological polar surface area (TPSA) is 76.3 Å². The van der Waals surface area contributed by atoms with Crippen molar-refractivity contribution in [3.63, 3.8) is 0 Å². The molecule has 1 saturated carbocycles. The molecule has 0 amide bonds. The van der Waals surface area contributed by atoms with E-state index < -0.39 is 0 Å². The molecule has 0 spiro atoms. The van der Waals surface area contributed by atoms with Crippen LogP contribution in [0.2, 0.25) is 0 Å². The van der Waals surface area contributed by atoms with Crippen LogP contribution in [0.5, 0.6) is 0 Å². The Balaban J connectivity index is 1.40. The summed E-state index contributed by atoms with van der Waals surface area (Å²) in [5.74, 6) is 0. The molecule has 1 aliphatic rings. The van der Waals surface area contributed by atoms with E-state index in [0.717, 1.165) is 45.8 Å². The molecule has 0 saturated heterocycles. The SMILES string of the molecule is C(=NC1CCCCC1N=Cc1nncc2ccccc12)c1nncc2ccccc12. The lowest BCUT2D eigenvalue weighted by Crippen LogP contribution is -2.27. The second-order valence-corrected chi connectivity index (χ2v) is 7.61. The Kier molecular flexibility index (Phi) is 5.21. The second kappa shape index (κ2) is 8.45. The molecule has 2 unspecified atom stereocenters. The van der Waals surface area contributed by atoms with Crippen molar-refractivity contribution in [3.05, 3.63) is 72.3 Å². The van der Waals surface area contributed by atoms with Crippen LogP contribution in [0.4, 0.5) is 0 Å². The molecule has 0 bridgehead atoms. The van der Waals surface area contributed by atoms with E-state index >= 15 is 0 Å². The first kappa shape index (κ1) is 18.5. The van der Waals surface area contributed by atoms with Gasteiger partial charge in [-0.05, 0) is 12.8 Å². The van der Waals surface area contributed by atoms with E-state index in [-0.39, 0.29) is 12.1 Å². The van der Waals surface area contributed by atoms with Crippen LogP contribution >= 0.6 is 0 Å². The molecule has 0 N–H and O–H groups in total. The highest BCUT2D eigenvalue weighted by atomic mass is 15.1. The van der Waals surface area contributed by atoms with Gasteiger partial charge in [-0.3, -0.25) is 9.98 Å². The van der Waals surface area contributed by atoms with Crippen LogP contribution < -0.4 is 0 Å². The summed E-state index contributed by atoms with van der Waals surface area (Å²) in [6, 6.07) is 16.5. The van der Waals surface area contributed by atoms with Crippen LogP contribution in [0.1, 0.15) is 37.1 Å². The molecular weight excluding hydrogens is 372 g/mol. The summed E-state index contributed by atoms with van der Waals surface area (Å²) in [5, 5.41) is 21.1. The van der Waals surface area contributed by atoms with E-state index in [4.69, 9.17) is 9.98 Å². The highest BCUT2D eigenvalue weighted by Gasteiger charge is 2.23. The highest BCUT2D eigenvalue weighted by molar-refractivity contribution is 5.98. The van der Waals surface area contributed by atoms with E-state index in [0.29, 0.717) is 0 Å². The largest absolute Gasteiger partial charge is 0.285 e. The molecule has 1 fully saturated rings. The average Bonchev–Trinajstić information content (AvgIpc) is 2.82. The van der Waals surface area contributed by atoms with Gasteiger partial charge in [0.15, 0.2) is 0 Å². The van der Waals surface area contributed by atoms with Crippen LogP contribution in [0.3, 0.4) is 0 Å². The van der Waals surface area contributed by atoms with Crippen molar-refractivity contribution in [2.24, 2.45) is 9.98 Å². The number of nitrogens with zero attached hydrogens (tertiary/aromatic N) is 6. The Morgan fingerprint density at radius 3 is 1.63 bits per heavy atom. The Bertz CT molecular complexity index is 1120. The van der Waals surface area contributed by atoms with Gasteiger partial charge < -0.3 is 0 Å². The minimum absolute atomic E-state index is 0.138. The van der Waals surface area contributed by atoms with Gasteiger partial charge in [0.1, 0.15) is 11.4 Å². The third kappa shape index (κ3) is 3.81. The monoisotopic (exact) mass is 394 g/mol. The van der Waals surface area contributed by atoms with Crippen LogP contribution in [0, 0.1) is 0 Å². The molecule has 5 rings (SSSR count). The normalized spacial score (nSPS) is 19.9. The molecule has 2 heterocycles. The van der Waals surface area contributed by atoms with Gasteiger partial charge in [-0.15, -0.1) is 10.2 Å². The summed E-state index contributed by atoms with van der Waals surface area (Å²) in [7, 11) is 0. The second-order valence-electron chi connectivity index (χ2n) is 7.61. The number of hydrogen-bond donors (Lipinski definition) is 0. The smallest absolute Gasteiger partial charge is 0.111 e. The van der Waals surface area contributed by atoms with Crippen LogP contribution in [0.15, 0.2) is 70.9 Å². The zero-order chi connectivity index (χ0) is 20.2. The van der Waals surface area contributed by atoms with E-state index in [1.54, 1.807) is 12.4 Å². The van der Waals surface area contributed by atoms with Gasteiger partial charge in [-0.2, -0.15) is 10.2 Å². The number of aromatic nitrogens is 4. The van der Waals surface area contributed by atoms with Gasteiger partial charge in [0.25, 0.3) is 0 Å². The fraction of sp³-hybridized carbons (Fsp3) is 0.250. The van der Waals surface area contributed by atoms with Crippen LogP contribution in [-0.2, 0) is 0 Å². The van der Waals surface area contributed by atoms with Gasteiger partial charge in [-0.25, -0.2) is 0 Å². The van der Waals surface area contributed by atoms with Crippen molar-refractivity contribution in [3.8, 4) is 0 Å². The molecule has 2 aromatic carbocycles. The molecule has 1 aliphatic carbocycles. The summed E-state index contributed by atoms with van der Waals surface area (Å²) in [5.41, 5.74) is 1.61. The highest BCUT2D eigenvalue weighted by Crippen LogP contribution is 2.25. The van der Waals surface area contributed by atoms with E-state index in [2.05, 4.69) is 32.5 Å². The Hall–Kier alpha value is -3.54. The van der Waals surface area contributed by atoms with Crippen molar-refractivity contribution >= 4 is 34.0 Å². The van der Waals surface area contributed by atoms with Gasteiger partial charge in [0.05, 0.1) is 24.5 Å². The van der Waals surface area contributed by atoms with E-state index in [9.17, 15) is 0 Å². The molecule has 6 nitrogen and oxygen atoms in total. The summed E-state index contributed by atoms with van der Waals surface area (Å²) in [6.45, 7) is 0. The van der Waals surface area contributed by atoms with Gasteiger partial charge in [0, 0.05) is 34.0 Å². The third-order valence-electron chi connectivity index (χ3n) is 5.67. The molecule has 2 atom stereocenters. The number of benzene rings is 2. The number of aliphatic imine (C=N–C) groups is 2. The molecule has 148 valence electrons. The lowest BCUT2D eigenvalue weighted by molar-refractivity contribution is 0.390. The predicted molar refractivity (Wildman–Crippen MR) is 120 cm³/mol. The Morgan fingerprint density at radius 2 is 1.13 bits per heavy atom. The minimum atomic E-state index is 0.138. The predicted octanol–water partition coefficient (Wildman–Crippen LogP) is 4.42. The standard InChI is InChI=1S/C24H22N6/c1-3-9-19-17(7-1)13-27-29-23(19)15-25-21-11-5-6-12-22(21)26-16-24-20-10-4-2-8-18(20)14-28-30-24/h1-4,7-10,13-16,21-22H,5-6,11-12H2. The van der Waals surface area contributed by atoms with Crippen molar-refractivity contribution in [1.82, 2.24) is 20.4 Å². The maximum Gasteiger partial charge on any atom is 0.111 e. The van der Waals surface area contributed by atoms with Crippen molar-refractivity contribution in [2.45, 2.75) is 37.8 Å². The third-order valence-corrected chi connectivity index (χ3v) is 5.67. The summed E-state index contributed by atoms with van der Waals surface area (Å²) in [6.07, 6.45) is 11.7. The summed E-state index contributed by atoms with van der Waals surface area (Å²) in [4.78, 5) is 9.76. The first-order valence-electron chi connectivity index (χ1n) is 10.4. The van der Waals surface area contributed by atoms with E-state index in [1.165, 1.54) is 12.8 Å². The zero-order valence-electron chi connectivity index (χ0n) is 16.6. The quantitative estimate of drug-likeness (QED) is 0.480. The molecule has 30 heavy (non-hydrogen) atoms. The molecule has 0 radical (unpaired) electrons. The fourth-order valence-corrected chi connectivity index (χ4v) is 4.06. The van der Waals surface area contributed by atoms with Gasteiger partial charge >= 0.3 is 0 Å². The number of hydrogen-bond acceptors (Lipinski definition) is 6. The lowest BCUT2D eigenvalue weighted by Gasteiger charge is -2.25. The van der Waals surface area contributed by atoms with Crippen LogP contribution in [-0.4, -0.2) is 44.9 Å². The average molecular weight is 394 g/mol. The lowest BCUT2D eigenvalue weighted by atomic mass is 9.91. The molecule has 6 heteroatoms. The number of fused-ring (bicyclic) bond motifs is 2. The first-order valence-corrected chi connectivity index (χ1v) is 10.4. The summed E-state index contributed by atoms with van der Waals surface area (Å²) >= 11 is 0. The van der Waals surface area contributed by atoms with Gasteiger partial charge in [-0.1, -0.05) is 61.4 Å². The molecule has 2 aromatic heterocycles. The molecular formula is C24H22N6. The fourth-order valence-electron chi connectivity index (χ4n) is 4.06. The zero-order valence-corrected chi connectivity index (χ0v) is 16.6. The molecule has 0 aliphatic heterocycles. The Morgan fingerprint density at radius 1 is 0.667 bits per heavy atom. The minimum Gasteiger partial charge on any atom is -0.285 e. The Labute approximate surface area is 174 Å². The van der Waals surface area contributed by atoms with Crippen molar-refractivity contribution in [1.29, 1.82) is 0 Å². The maximum absolute atomic E-state index is 4.88. The van der Waals surface area contributed by atoms with E-state index in [1.807, 2.05) is 48.8 Å². The molecule has 4 aromatic rings. The number of rotatable bonds is 4. The van der Waals surface area contributed by atoms with Crippen LogP contribution in [0.25, 0.3) is 21.5 Å². The summed E-state index contributed by atoms with van der Waals surface area (Å²) < 4.78 is 0. The van der Waals surface area contributed by atoms with Gasteiger partial charge in [0.2, 0.25) is 0 Å². The first-order chi connectivity index (χ1) is 14.9.